The summed E-state index contributed by atoms with van der Waals surface area (Å²) in [6.45, 7) is 2.27. The first kappa shape index (κ1) is 21.7. The summed E-state index contributed by atoms with van der Waals surface area (Å²) in [5.41, 5.74) is 0. The first-order valence-corrected chi connectivity index (χ1v) is 11.2. The van der Waals surface area contributed by atoms with Crippen molar-refractivity contribution in [3.63, 3.8) is 0 Å². The number of unbranched alkanes of at least 4 members (excludes halogenated alkanes) is 8. The summed E-state index contributed by atoms with van der Waals surface area (Å²) in [4.78, 5) is 10.5. The van der Waals surface area contributed by atoms with Crippen LogP contribution in [0.15, 0.2) is 0 Å². The van der Waals surface area contributed by atoms with Crippen LogP contribution in [-0.4, -0.2) is 35.5 Å². The number of rotatable bonds is 18. The summed E-state index contributed by atoms with van der Waals surface area (Å²) in [5.74, 6) is -0.698. The van der Waals surface area contributed by atoms with Gasteiger partial charge < -0.3 is 14.6 Å². The SMILES string of the molecule is CCCCCCCCC1OC1CCCCCCC1OC1CCCC(=O)O. The fourth-order valence-electron chi connectivity index (χ4n) is 4.00. The minimum Gasteiger partial charge on any atom is -0.481 e. The van der Waals surface area contributed by atoms with E-state index in [-0.39, 0.29) is 6.42 Å². The molecule has 0 aliphatic carbocycles. The Hall–Kier alpha value is -0.610. The molecular weight excluding hydrogens is 328 g/mol. The maximum Gasteiger partial charge on any atom is 0.303 e. The van der Waals surface area contributed by atoms with Gasteiger partial charge in [-0.15, -0.1) is 0 Å². The monoisotopic (exact) mass is 368 g/mol. The third-order valence-electron chi connectivity index (χ3n) is 5.82. The molecule has 0 saturated carbocycles. The number of carboxylic acid groups (broad SMARTS) is 1. The number of hydrogen-bond donors (Lipinski definition) is 1. The summed E-state index contributed by atoms with van der Waals surface area (Å²) in [5, 5.41) is 8.63. The molecular formula is C22H40O4. The fourth-order valence-corrected chi connectivity index (χ4v) is 4.00. The van der Waals surface area contributed by atoms with E-state index in [9.17, 15) is 4.79 Å². The van der Waals surface area contributed by atoms with Gasteiger partial charge in [0.1, 0.15) is 0 Å². The molecule has 2 heterocycles. The molecule has 2 aliphatic rings. The zero-order valence-electron chi connectivity index (χ0n) is 16.8. The molecule has 0 bridgehead atoms. The van der Waals surface area contributed by atoms with Crippen molar-refractivity contribution in [3.8, 4) is 0 Å². The summed E-state index contributed by atoms with van der Waals surface area (Å²) in [7, 11) is 0. The molecule has 0 radical (unpaired) electrons. The number of epoxide rings is 2. The maximum absolute atomic E-state index is 10.5. The Morgan fingerprint density at radius 2 is 1.04 bits per heavy atom. The zero-order chi connectivity index (χ0) is 18.6. The van der Waals surface area contributed by atoms with Crippen LogP contribution in [0.4, 0.5) is 0 Å². The number of carboxylic acids is 1. The second-order valence-corrected chi connectivity index (χ2v) is 8.26. The summed E-state index contributed by atoms with van der Waals surface area (Å²) in [6.07, 6.45) is 20.9. The number of carbonyl (C=O) groups is 1. The number of ether oxygens (including phenoxy) is 2. The van der Waals surface area contributed by atoms with Crippen LogP contribution >= 0.6 is 0 Å². The van der Waals surface area contributed by atoms with E-state index >= 15 is 0 Å². The highest BCUT2D eigenvalue weighted by Crippen LogP contribution is 2.33. The molecule has 4 heteroatoms. The van der Waals surface area contributed by atoms with Crippen LogP contribution in [0.5, 0.6) is 0 Å². The van der Waals surface area contributed by atoms with Gasteiger partial charge in [-0.05, 0) is 32.1 Å². The molecule has 2 rings (SSSR count). The normalized spacial score (nSPS) is 26.8. The van der Waals surface area contributed by atoms with Gasteiger partial charge in [-0.3, -0.25) is 4.79 Å². The highest BCUT2D eigenvalue weighted by atomic mass is 16.6. The topological polar surface area (TPSA) is 62.4 Å². The third kappa shape index (κ3) is 9.91. The highest BCUT2D eigenvalue weighted by Gasteiger charge is 2.38. The summed E-state index contributed by atoms with van der Waals surface area (Å²) >= 11 is 0. The van der Waals surface area contributed by atoms with Crippen LogP contribution in [0, 0.1) is 0 Å². The molecule has 0 aromatic heterocycles. The molecule has 2 fully saturated rings. The van der Waals surface area contributed by atoms with Gasteiger partial charge in [-0.2, -0.15) is 0 Å². The Bertz CT molecular complexity index is 384. The van der Waals surface area contributed by atoms with E-state index in [0.717, 1.165) is 19.3 Å². The van der Waals surface area contributed by atoms with Crippen molar-refractivity contribution in [2.45, 2.75) is 134 Å². The average molecular weight is 369 g/mol. The van der Waals surface area contributed by atoms with Crippen molar-refractivity contribution in [2.24, 2.45) is 0 Å². The molecule has 2 aliphatic heterocycles. The molecule has 2 saturated heterocycles. The van der Waals surface area contributed by atoms with Crippen molar-refractivity contribution in [3.05, 3.63) is 0 Å². The molecule has 0 aromatic rings. The first-order valence-electron chi connectivity index (χ1n) is 11.2. The molecule has 0 aromatic carbocycles. The van der Waals surface area contributed by atoms with Gasteiger partial charge in [0.25, 0.3) is 0 Å². The molecule has 26 heavy (non-hydrogen) atoms. The van der Waals surface area contributed by atoms with E-state index < -0.39 is 5.97 Å². The lowest BCUT2D eigenvalue weighted by Crippen LogP contribution is -1.98. The van der Waals surface area contributed by atoms with Crippen LogP contribution in [0.25, 0.3) is 0 Å². The maximum atomic E-state index is 10.5. The van der Waals surface area contributed by atoms with Crippen molar-refractivity contribution in [1.82, 2.24) is 0 Å². The number of hydrogen-bond acceptors (Lipinski definition) is 3. The van der Waals surface area contributed by atoms with Gasteiger partial charge >= 0.3 is 5.97 Å². The standard InChI is InChI=1S/C22H40O4/c1-2-3-4-5-6-9-13-18-19(25-18)14-10-7-8-11-15-20-21(26-20)16-12-17-22(23)24/h18-21H,2-17H2,1H3,(H,23,24). The average Bonchev–Trinajstić information content (AvgIpc) is 3.51. The predicted octanol–water partition coefficient (Wildman–Crippen LogP) is 5.87. The second kappa shape index (κ2) is 12.7. The van der Waals surface area contributed by atoms with Gasteiger partial charge in [0.05, 0.1) is 24.4 Å². The van der Waals surface area contributed by atoms with Crippen LogP contribution in [0.3, 0.4) is 0 Å². The molecule has 152 valence electrons. The largest absolute Gasteiger partial charge is 0.481 e. The number of aliphatic carboxylic acids is 1. The minimum absolute atomic E-state index is 0.273. The van der Waals surface area contributed by atoms with Crippen molar-refractivity contribution < 1.29 is 19.4 Å². The molecule has 0 amide bonds. The third-order valence-corrected chi connectivity index (χ3v) is 5.82. The minimum atomic E-state index is -0.698. The summed E-state index contributed by atoms with van der Waals surface area (Å²) < 4.78 is 11.4. The Balaban J connectivity index is 1.29. The van der Waals surface area contributed by atoms with Gasteiger partial charge in [-0.25, -0.2) is 0 Å². The molecule has 4 nitrogen and oxygen atoms in total. The Labute approximate surface area is 160 Å². The Morgan fingerprint density at radius 3 is 1.46 bits per heavy atom. The van der Waals surface area contributed by atoms with E-state index in [0.29, 0.717) is 24.4 Å². The van der Waals surface area contributed by atoms with E-state index in [1.165, 1.54) is 77.0 Å². The summed E-state index contributed by atoms with van der Waals surface area (Å²) in [6, 6.07) is 0. The van der Waals surface area contributed by atoms with Crippen molar-refractivity contribution in [2.75, 3.05) is 0 Å². The van der Waals surface area contributed by atoms with E-state index in [4.69, 9.17) is 14.6 Å². The van der Waals surface area contributed by atoms with Crippen LogP contribution < -0.4 is 0 Å². The lowest BCUT2D eigenvalue weighted by atomic mass is 10.0. The van der Waals surface area contributed by atoms with E-state index in [2.05, 4.69) is 6.92 Å². The van der Waals surface area contributed by atoms with Crippen molar-refractivity contribution in [1.29, 1.82) is 0 Å². The van der Waals surface area contributed by atoms with Crippen LogP contribution in [-0.2, 0) is 14.3 Å². The van der Waals surface area contributed by atoms with Crippen molar-refractivity contribution >= 4 is 5.97 Å². The van der Waals surface area contributed by atoms with Gasteiger partial charge in [0.15, 0.2) is 0 Å². The molecule has 0 spiro atoms. The first-order chi connectivity index (χ1) is 12.7. The fraction of sp³-hybridized carbons (Fsp3) is 0.955. The van der Waals surface area contributed by atoms with Gasteiger partial charge in [0.2, 0.25) is 0 Å². The smallest absolute Gasteiger partial charge is 0.303 e. The molecule has 4 atom stereocenters. The van der Waals surface area contributed by atoms with Crippen LogP contribution in [0.1, 0.15) is 110 Å². The van der Waals surface area contributed by atoms with Gasteiger partial charge in [0, 0.05) is 6.42 Å². The second-order valence-electron chi connectivity index (χ2n) is 8.26. The van der Waals surface area contributed by atoms with Crippen LogP contribution in [0.2, 0.25) is 0 Å². The quantitative estimate of drug-likeness (QED) is 0.243. The van der Waals surface area contributed by atoms with E-state index in [1.54, 1.807) is 0 Å². The molecule has 4 unspecified atom stereocenters. The lowest BCUT2D eigenvalue weighted by Gasteiger charge is -2.00. The Morgan fingerprint density at radius 1 is 0.654 bits per heavy atom. The van der Waals surface area contributed by atoms with E-state index in [1.807, 2.05) is 0 Å². The Kier molecular flexibility index (Phi) is 10.6. The molecule has 1 N–H and O–H groups in total. The lowest BCUT2D eigenvalue weighted by molar-refractivity contribution is -0.137. The zero-order valence-corrected chi connectivity index (χ0v) is 16.8. The van der Waals surface area contributed by atoms with Gasteiger partial charge in [-0.1, -0.05) is 71.1 Å². The highest BCUT2D eigenvalue weighted by molar-refractivity contribution is 5.66. The predicted molar refractivity (Wildman–Crippen MR) is 105 cm³/mol.